The van der Waals surface area contributed by atoms with Crippen molar-refractivity contribution in [3.63, 3.8) is 0 Å². The van der Waals surface area contributed by atoms with Gasteiger partial charge in [0.25, 0.3) is 0 Å². The third-order valence-electron chi connectivity index (χ3n) is 7.14. The maximum atomic E-state index is 13.7. The first kappa shape index (κ1) is 22.9. The monoisotopic (exact) mass is 469 g/mol. The van der Waals surface area contributed by atoms with E-state index in [-0.39, 0.29) is 11.2 Å². The number of nitrogens with zero attached hydrogens (tertiary/aromatic N) is 2. The molecule has 7 heteroatoms. The summed E-state index contributed by atoms with van der Waals surface area (Å²) in [5.74, 6) is 0.662. The van der Waals surface area contributed by atoms with Crippen LogP contribution in [0.25, 0.3) is 22.2 Å². The van der Waals surface area contributed by atoms with E-state index >= 15 is 0 Å². The minimum Gasteiger partial charge on any atom is -0.388 e. The Labute approximate surface area is 197 Å². The molecule has 4 nitrogen and oxygen atoms in total. The number of unbranched alkanes of at least 4 members (excludes halogenated alkanes) is 2. The third-order valence-corrected chi connectivity index (χ3v) is 7.14. The number of nitrogens with one attached hydrogen (secondary N) is 1. The van der Waals surface area contributed by atoms with Crippen molar-refractivity contribution in [3.8, 4) is 11.1 Å². The Hall–Kier alpha value is -2.83. The average Bonchev–Trinajstić information content (AvgIpc) is 3.44. The maximum absolute atomic E-state index is 13.7. The van der Waals surface area contributed by atoms with Crippen molar-refractivity contribution in [3.05, 3.63) is 53.3 Å². The fourth-order valence-corrected chi connectivity index (χ4v) is 5.33. The minimum absolute atomic E-state index is 0.187. The molecule has 1 N–H and O–H groups in total. The molecule has 0 radical (unpaired) electrons. The number of hydrogen-bond donors (Lipinski definition) is 1. The number of halogens is 3. The van der Waals surface area contributed by atoms with Crippen LogP contribution in [0.3, 0.4) is 0 Å². The van der Waals surface area contributed by atoms with Gasteiger partial charge < -0.3 is 9.82 Å². The van der Waals surface area contributed by atoms with Crippen LogP contribution in [0, 0.1) is 0 Å². The Morgan fingerprint density at radius 1 is 1.06 bits per heavy atom. The molecule has 0 bridgehead atoms. The quantitative estimate of drug-likeness (QED) is 0.374. The number of rotatable bonds is 6. The fraction of sp³-hybridized carbons (Fsp3) is 0.481. The van der Waals surface area contributed by atoms with Crippen molar-refractivity contribution < 1.29 is 18.0 Å². The number of benzene rings is 2. The van der Waals surface area contributed by atoms with Gasteiger partial charge in [0.05, 0.1) is 16.6 Å². The van der Waals surface area contributed by atoms with E-state index in [4.69, 9.17) is 9.82 Å². The Kier molecular flexibility index (Phi) is 6.13. The molecule has 3 aromatic rings. The van der Waals surface area contributed by atoms with E-state index in [1.807, 2.05) is 6.07 Å². The zero-order chi connectivity index (χ0) is 23.8. The van der Waals surface area contributed by atoms with Gasteiger partial charge in [0.15, 0.2) is 5.82 Å². The summed E-state index contributed by atoms with van der Waals surface area (Å²) in [4.78, 5) is 14.1. The molecule has 1 aliphatic carbocycles. The predicted molar refractivity (Wildman–Crippen MR) is 128 cm³/mol. The lowest BCUT2D eigenvalue weighted by Gasteiger charge is -2.30. The van der Waals surface area contributed by atoms with Crippen LogP contribution in [0.2, 0.25) is 0 Å². The van der Waals surface area contributed by atoms with E-state index in [0.717, 1.165) is 86.2 Å². The van der Waals surface area contributed by atoms with Gasteiger partial charge in [-0.25, -0.2) is 4.98 Å². The first-order chi connectivity index (χ1) is 16.4. The van der Waals surface area contributed by atoms with Gasteiger partial charge in [0.2, 0.25) is 0 Å². The van der Waals surface area contributed by atoms with Gasteiger partial charge in [-0.2, -0.15) is 13.2 Å². The molecule has 1 aliphatic heterocycles. The van der Waals surface area contributed by atoms with E-state index in [2.05, 4.69) is 17.1 Å². The van der Waals surface area contributed by atoms with Gasteiger partial charge in [0.1, 0.15) is 11.3 Å². The van der Waals surface area contributed by atoms with Gasteiger partial charge in [0, 0.05) is 6.42 Å². The second kappa shape index (κ2) is 9.08. The lowest BCUT2D eigenvalue weighted by molar-refractivity contribution is -0.137. The zero-order valence-electron chi connectivity index (χ0n) is 19.5. The Balaban J connectivity index is 1.55. The van der Waals surface area contributed by atoms with Crippen LogP contribution < -0.4 is 0 Å². The van der Waals surface area contributed by atoms with Crippen molar-refractivity contribution in [2.45, 2.75) is 82.9 Å². The summed E-state index contributed by atoms with van der Waals surface area (Å²) in [6.45, 7) is 2.14. The van der Waals surface area contributed by atoms with E-state index in [9.17, 15) is 13.2 Å². The number of aromatic nitrogens is 2. The van der Waals surface area contributed by atoms with Crippen LogP contribution >= 0.6 is 0 Å². The molecule has 2 aromatic carbocycles. The van der Waals surface area contributed by atoms with Crippen LogP contribution in [-0.4, -0.2) is 21.3 Å². The van der Waals surface area contributed by atoms with Crippen LogP contribution in [0.1, 0.15) is 81.7 Å². The second-order valence-electron chi connectivity index (χ2n) is 9.67. The van der Waals surface area contributed by atoms with Gasteiger partial charge >= 0.3 is 6.18 Å². The number of imidazole rings is 1. The molecular formula is C27H30F3N3O. The number of fused-ring (bicyclic) bond motifs is 1. The van der Waals surface area contributed by atoms with Crippen molar-refractivity contribution in [1.82, 2.24) is 9.97 Å². The molecule has 0 amide bonds. The third kappa shape index (κ3) is 4.44. The molecule has 180 valence electrons. The van der Waals surface area contributed by atoms with E-state index in [1.54, 1.807) is 18.2 Å². The van der Waals surface area contributed by atoms with Crippen molar-refractivity contribution in [2.75, 3.05) is 0 Å². The largest absolute Gasteiger partial charge is 0.417 e. The molecule has 1 fully saturated rings. The van der Waals surface area contributed by atoms with Crippen LogP contribution in [0.4, 0.5) is 13.2 Å². The standard InChI is InChI=1S/C27H30F3N3O/c1-2-3-5-10-18-15-19(20-11-6-7-12-21(20)27(28,29)30)16-22-24(18)32-25(31-22)23-17-26(34-33-23)13-8-4-9-14-26/h6-7,11-12,15-16H,2-5,8-10,13-14,17H2,1H3,(H,31,32). The highest BCUT2D eigenvalue weighted by molar-refractivity contribution is 6.01. The minimum atomic E-state index is -4.42. The molecular weight excluding hydrogens is 439 g/mol. The summed E-state index contributed by atoms with van der Waals surface area (Å²) < 4.78 is 41.2. The summed E-state index contributed by atoms with van der Waals surface area (Å²) in [6, 6.07) is 9.43. The normalized spacial score (nSPS) is 17.8. The summed E-state index contributed by atoms with van der Waals surface area (Å²) >= 11 is 0. The topological polar surface area (TPSA) is 50.3 Å². The van der Waals surface area contributed by atoms with Gasteiger partial charge in [-0.1, -0.05) is 49.5 Å². The number of alkyl halides is 3. The van der Waals surface area contributed by atoms with Crippen LogP contribution in [0.15, 0.2) is 41.6 Å². The summed E-state index contributed by atoms with van der Waals surface area (Å²) in [7, 11) is 0. The van der Waals surface area contributed by atoms with Crippen LogP contribution in [0.5, 0.6) is 0 Å². The smallest absolute Gasteiger partial charge is 0.388 e. The molecule has 2 aliphatic rings. The van der Waals surface area contributed by atoms with Gasteiger partial charge in [-0.3, -0.25) is 0 Å². The van der Waals surface area contributed by atoms with E-state index < -0.39 is 11.7 Å². The SMILES string of the molecule is CCCCCc1cc(-c2ccccc2C(F)(F)F)cc2[nH]c(C3=NOC4(CCCCC4)C3)nc12. The Morgan fingerprint density at radius 3 is 2.62 bits per heavy atom. The molecule has 1 saturated carbocycles. The first-order valence-corrected chi connectivity index (χ1v) is 12.3. The Bertz CT molecular complexity index is 1210. The summed E-state index contributed by atoms with van der Waals surface area (Å²) in [5.41, 5.74) is 3.22. The van der Waals surface area contributed by atoms with E-state index in [0.29, 0.717) is 11.4 Å². The van der Waals surface area contributed by atoms with Crippen molar-refractivity contribution >= 4 is 16.7 Å². The van der Waals surface area contributed by atoms with E-state index in [1.165, 1.54) is 12.5 Å². The van der Waals surface area contributed by atoms with Crippen LogP contribution in [-0.2, 0) is 17.4 Å². The molecule has 1 spiro atoms. The van der Waals surface area contributed by atoms with Gasteiger partial charge in [-0.15, -0.1) is 0 Å². The maximum Gasteiger partial charge on any atom is 0.417 e. The predicted octanol–water partition coefficient (Wildman–Crippen LogP) is 7.81. The molecule has 0 saturated heterocycles. The van der Waals surface area contributed by atoms with Crippen molar-refractivity contribution in [1.29, 1.82) is 0 Å². The number of aryl methyl sites for hydroxylation is 1. The molecule has 34 heavy (non-hydrogen) atoms. The summed E-state index contributed by atoms with van der Waals surface area (Å²) in [5, 5.41) is 4.38. The number of hydrogen-bond acceptors (Lipinski definition) is 3. The Morgan fingerprint density at radius 2 is 1.85 bits per heavy atom. The highest BCUT2D eigenvalue weighted by atomic mass is 19.4. The highest BCUT2D eigenvalue weighted by Gasteiger charge is 2.41. The molecule has 2 heterocycles. The second-order valence-corrected chi connectivity index (χ2v) is 9.67. The number of H-pyrrole nitrogens is 1. The lowest BCUT2D eigenvalue weighted by atomic mass is 9.81. The summed E-state index contributed by atoms with van der Waals surface area (Å²) in [6.07, 6.45) is 5.69. The fourth-order valence-electron chi connectivity index (χ4n) is 5.33. The molecule has 0 unspecified atom stereocenters. The molecule has 1 aromatic heterocycles. The molecule has 0 atom stereocenters. The number of oxime groups is 1. The first-order valence-electron chi connectivity index (χ1n) is 12.3. The lowest BCUT2D eigenvalue weighted by Crippen LogP contribution is -2.31. The highest BCUT2D eigenvalue weighted by Crippen LogP contribution is 2.41. The molecule has 5 rings (SSSR count). The number of aromatic amines is 1. The zero-order valence-corrected chi connectivity index (χ0v) is 19.5. The average molecular weight is 470 g/mol. The van der Waals surface area contributed by atoms with Gasteiger partial charge in [-0.05, 0) is 73.4 Å². The van der Waals surface area contributed by atoms with Crippen molar-refractivity contribution in [2.24, 2.45) is 5.16 Å².